The van der Waals surface area contributed by atoms with Crippen molar-refractivity contribution in [2.24, 2.45) is 0 Å². The third-order valence-electron chi connectivity index (χ3n) is 2.61. The van der Waals surface area contributed by atoms with E-state index in [9.17, 15) is 9.18 Å². The summed E-state index contributed by atoms with van der Waals surface area (Å²) in [6, 6.07) is 9.21. The van der Waals surface area contributed by atoms with Crippen LogP contribution in [0.5, 0.6) is 0 Å². The van der Waals surface area contributed by atoms with Gasteiger partial charge in [0.2, 0.25) is 0 Å². The maximum atomic E-state index is 13.5. The van der Waals surface area contributed by atoms with Gasteiger partial charge in [-0.15, -0.1) is 11.8 Å². The largest absolute Gasteiger partial charge is 0.478 e. The minimum absolute atomic E-state index is 0.333. The summed E-state index contributed by atoms with van der Waals surface area (Å²) in [6.07, 6.45) is 0. The van der Waals surface area contributed by atoms with Crippen LogP contribution in [0.15, 0.2) is 41.3 Å². The fourth-order valence-electron chi connectivity index (χ4n) is 1.61. The van der Waals surface area contributed by atoms with Gasteiger partial charge >= 0.3 is 5.97 Å². The van der Waals surface area contributed by atoms with Crippen molar-refractivity contribution in [1.82, 2.24) is 0 Å². The fourth-order valence-corrected chi connectivity index (χ4v) is 2.82. The molecule has 3 nitrogen and oxygen atoms in total. The van der Waals surface area contributed by atoms with E-state index in [4.69, 9.17) is 22.4 Å². The molecule has 0 spiro atoms. The van der Waals surface area contributed by atoms with Crippen molar-refractivity contribution in [1.29, 1.82) is 0 Å². The van der Waals surface area contributed by atoms with Gasteiger partial charge in [0.25, 0.3) is 0 Å². The van der Waals surface area contributed by atoms with E-state index in [1.54, 1.807) is 24.3 Å². The quantitative estimate of drug-likeness (QED) is 0.660. The molecule has 0 bridgehead atoms. The lowest BCUT2D eigenvalue weighted by atomic mass is 10.1. The van der Waals surface area contributed by atoms with Crippen molar-refractivity contribution >= 4 is 35.0 Å². The molecule has 3 N–H and O–H groups in total. The number of halogens is 2. The number of benzene rings is 2. The zero-order valence-electron chi connectivity index (χ0n) is 10.3. The molecular formula is C14H11ClFNO2S. The standard InChI is InChI=1S/C14H11ClFNO2S/c15-11-4-2-9(17)6-13(11)20-7-8-1-3-10(14(18)19)12(16)5-8/h1-6H,7,17H2,(H,18,19). The molecule has 104 valence electrons. The van der Waals surface area contributed by atoms with Crippen molar-refractivity contribution in [3.05, 3.63) is 58.4 Å². The average molecular weight is 312 g/mol. The van der Waals surface area contributed by atoms with Gasteiger partial charge in [-0.25, -0.2) is 9.18 Å². The molecule has 20 heavy (non-hydrogen) atoms. The monoisotopic (exact) mass is 311 g/mol. The van der Waals surface area contributed by atoms with Gasteiger partial charge in [0, 0.05) is 16.3 Å². The number of nitrogens with two attached hydrogens (primary N) is 1. The lowest BCUT2D eigenvalue weighted by Crippen LogP contribution is -2.00. The maximum absolute atomic E-state index is 13.5. The number of thioether (sulfide) groups is 1. The van der Waals surface area contributed by atoms with E-state index in [0.29, 0.717) is 22.0 Å². The Morgan fingerprint density at radius 1 is 1.30 bits per heavy atom. The predicted octanol–water partition coefficient (Wildman–Crippen LogP) is 4.05. The molecule has 0 fully saturated rings. The summed E-state index contributed by atoms with van der Waals surface area (Å²) in [5.41, 5.74) is 6.62. The average Bonchev–Trinajstić information content (AvgIpc) is 2.39. The normalized spacial score (nSPS) is 10.5. The lowest BCUT2D eigenvalue weighted by Gasteiger charge is -2.06. The second-order valence-corrected chi connectivity index (χ2v) is 5.52. The molecule has 0 aliphatic heterocycles. The Labute approximate surface area is 124 Å². The van der Waals surface area contributed by atoms with E-state index in [1.165, 1.54) is 23.9 Å². The molecule has 0 amide bonds. The molecule has 0 aliphatic rings. The Hall–Kier alpha value is -1.72. The van der Waals surface area contributed by atoms with Crippen LogP contribution >= 0.6 is 23.4 Å². The van der Waals surface area contributed by atoms with Gasteiger partial charge < -0.3 is 10.8 Å². The number of carboxylic acids is 1. The zero-order valence-corrected chi connectivity index (χ0v) is 11.8. The lowest BCUT2D eigenvalue weighted by molar-refractivity contribution is 0.0692. The third kappa shape index (κ3) is 3.43. The van der Waals surface area contributed by atoms with Crippen LogP contribution in [-0.2, 0) is 5.75 Å². The highest BCUT2D eigenvalue weighted by Gasteiger charge is 2.11. The van der Waals surface area contributed by atoms with Crippen LogP contribution in [0, 0.1) is 5.82 Å². The van der Waals surface area contributed by atoms with Crippen LogP contribution in [0.2, 0.25) is 5.02 Å². The minimum atomic E-state index is -1.28. The number of carboxylic acid groups (broad SMARTS) is 1. The van der Waals surface area contributed by atoms with Crippen LogP contribution in [0.25, 0.3) is 0 Å². The Morgan fingerprint density at radius 2 is 2.05 bits per heavy atom. The molecule has 0 radical (unpaired) electrons. The van der Waals surface area contributed by atoms with Crippen LogP contribution in [0.4, 0.5) is 10.1 Å². The van der Waals surface area contributed by atoms with E-state index in [0.717, 1.165) is 4.90 Å². The fraction of sp³-hybridized carbons (Fsp3) is 0.0714. The van der Waals surface area contributed by atoms with Crippen LogP contribution in [-0.4, -0.2) is 11.1 Å². The second-order valence-electron chi connectivity index (χ2n) is 4.10. The number of carbonyl (C=O) groups is 1. The predicted molar refractivity (Wildman–Crippen MR) is 78.8 cm³/mol. The minimum Gasteiger partial charge on any atom is -0.478 e. The summed E-state index contributed by atoms with van der Waals surface area (Å²) in [6.45, 7) is 0. The highest BCUT2D eigenvalue weighted by atomic mass is 35.5. The van der Waals surface area contributed by atoms with Crippen molar-refractivity contribution in [3.63, 3.8) is 0 Å². The second kappa shape index (κ2) is 6.15. The highest BCUT2D eigenvalue weighted by Crippen LogP contribution is 2.31. The SMILES string of the molecule is Nc1ccc(Cl)c(SCc2ccc(C(=O)O)c(F)c2)c1. The number of hydrogen-bond donors (Lipinski definition) is 2. The summed E-state index contributed by atoms with van der Waals surface area (Å²) in [7, 11) is 0. The summed E-state index contributed by atoms with van der Waals surface area (Å²) in [5.74, 6) is -1.55. The van der Waals surface area contributed by atoms with E-state index < -0.39 is 11.8 Å². The summed E-state index contributed by atoms with van der Waals surface area (Å²) in [4.78, 5) is 11.5. The summed E-state index contributed by atoms with van der Waals surface area (Å²) in [5, 5.41) is 9.33. The van der Waals surface area contributed by atoms with E-state index >= 15 is 0 Å². The molecule has 0 saturated heterocycles. The number of nitrogen functional groups attached to an aromatic ring is 1. The van der Waals surface area contributed by atoms with Crippen LogP contribution in [0.1, 0.15) is 15.9 Å². The molecule has 0 unspecified atom stereocenters. The molecule has 0 heterocycles. The molecule has 0 saturated carbocycles. The molecule has 2 rings (SSSR count). The van der Waals surface area contributed by atoms with Gasteiger partial charge in [-0.3, -0.25) is 0 Å². The highest BCUT2D eigenvalue weighted by molar-refractivity contribution is 7.98. The van der Waals surface area contributed by atoms with Gasteiger partial charge in [0.15, 0.2) is 0 Å². The van der Waals surface area contributed by atoms with Gasteiger partial charge in [-0.1, -0.05) is 17.7 Å². The van der Waals surface area contributed by atoms with Crippen LogP contribution in [0.3, 0.4) is 0 Å². The first-order chi connectivity index (χ1) is 9.47. The Balaban J connectivity index is 2.13. The van der Waals surface area contributed by atoms with Crippen molar-refractivity contribution in [2.45, 2.75) is 10.6 Å². The van der Waals surface area contributed by atoms with E-state index in [2.05, 4.69) is 0 Å². The number of hydrogen-bond acceptors (Lipinski definition) is 3. The number of anilines is 1. The first kappa shape index (κ1) is 14.7. The van der Waals surface area contributed by atoms with Gasteiger partial charge in [0.05, 0.1) is 10.6 Å². The number of aromatic carboxylic acids is 1. The summed E-state index contributed by atoms with van der Waals surface area (Å²) < 4.78 is 13.5. The molecule has 6 heteroatoms. The van der Waals surface area contributed by atoms with Crippen molar-refractivity contribution < 1.29 is 14.3 Å². The topological polar surface area (TPSA) is 63.3 Å². The smallest absolute Gasteiger partial charge is 0.338 e. The number of rotatable bonds is 4. The Morgan fingerprint density at radius 3 is 2.70 bits per heavy atom. The molecule has 2 aromatic carbocycles. The van der Waals surface area contributed by atoms with Gasteiger partial charge in [0.1, 0.15) is 5.82 Å². The summed E-state index contributed by atoms with van der Waals surface area (Å²) >= 11 is 7.44. The van der Waals surface area contributed by atoms with E-state index in [1.807, 2.05) is 0 Å². The van der Waals surface area contributed by atoms with Crippen LogP contribution < -0.4 is 5.73 Å². The van der Waals surface area contributed by atoms with Gasteiger partial charge in [-0.05, 0) is 35.9 Å². The van der Waals surface area contributed by atoms with Crippen molar-refractivity contribution in [2.75, 3.05) is 5.73 Å². The van der Waals surface area contributed by atoms with E-state index in [-0.39, 0.29) is 5.56 Å². The third-order valence-corrected chi connectivity index (χ3v) is 4.18. The zero-order chi connectivity index (χ0) is 14.7. The van der Waals surface area contributed by atoms with Crippen molar-refractivity contribution in [3.8, 4) is 0 Å². The molecular weight excluding hydrogens is 301 g/mol. The molecule has 0 atom stereocenters. The molecule has 2 aromatic rings. The molecule has 0 aromatic heterocycles. The first-order valence-electron chi connectivity index (χ1n) is 5.67. The molecule has 0 aliphatic carbocycles. The maximum Gasteiger partial charge on any atom is 0.338 e. The first-order valence-corrected chi connectivity index (χ1v) is 7.03. The van der Waals surface area contributed by atoms with Gasteiger partial charge in [-0.2, -0.15) is 0 Å². The Kier molecular flexibility index (Phi) is 4.52. The Bertz CT molecular complexity index is 664.